The predicted octanol–water partition coefficient (Wildman–Crippen LogP) is 3.40. The summed E-state index contributed by atoms with van der Waals surface area (Å²) in [7, 11) is 0. The van der Waals surface area contributed by atoms with E-state index >= 15 is 0 Å². The number of carbonyl (C=O) groups excluding carboxylic acids is 2. The van der Waals surface area contributed by atoms with Crippen molar-refractivity contribution in [2.24, 2.45) is 0 Å². The van der Waals surface area contributed by atoms with Crippen LogP contribution in [0.3, 0.4) is 0 Å². The minimum absolute atomic E-state index is 0.268. The van der Waals surface area contributed by atoms with Crippen LogP contribution in [-0.2, 0) is 0 Å². The van der Waals surface area contributed by atoms with Gasteiger partial charge < -0.3 is 10.6 Å². The Morgan fingerprint density at radius 1 is 0.960 bits per heavy atom. The van der Waals surface area contributed by atoms with Crippen molar-refractivity contribution in [2.75, 3.05) is 11.9 Å². The Morgan fingerprint density at radius 2 is 1.72 bits per heavy atom. The molecule has 25 heavy (non-hydrogen) atoms. The molecule has 0 saturated carbocycles. The van der Waals surface area contributed by atoms with E-state index in [1.165, 1.54) is 0 Å². The molecular weight excluding hydrogens is 314 g/mol. The van der Waals surface area contributed by atoms with Crippen molar-refractivity contribution in [3.05, 3.63) is 84.6 Å². The number of benzene rings is 2. The Bertz CT molecular complexity index is 945. The highest BCUT2D eigenvalue weighted by atomic mass is 16.2. The maximum absolute atomic E-state index is 12.7. The largest absolute Gasteiger partial charge is 0.349 e. The Hall–Kier alpha value is -3.47. The number of anilines is 1. The number of nitrogens with one attached hydrogen (secondary N) is 2. The lowest BCUT2D eigenvalue weighted by atomic mass is 10.1. The maximum Gasteiger partial charge on any atom is 0.256 e. The number of nitrogens with zero attached hydrogens (tertiary/aromatic N) is 1. The molecule has 5 nitrogen and oxygen atoms in total. The lowest BCUT2D eigenvalue weighted by Gasteiger charge is -2.12. The lowest BCUT2D eigenvalue weighted by Crippen LogP contribution is -2.25. The number of hydrogen-bond donors (Lipinski definition) is 2. The quantitative estimate of drug-likeness (QED) is 0.704. The van der Waals surface area contributed by atoms with Crippen LogP contribution in [0.25, 0.3) is 10.9 Å². The van der Waals surface area contributed by atoms with Gasteiger partial charge in [0.1, 0.15) is 0 Å². The smallest absolute Gasteiger partial charge is 0.256 e. The molecule has 0 fully saturated rings. The van der Waals surface area contributed by atoms with E-state index in [0.29, 0.717) is 23.4 Å². The highest BCUT2D eigenvalue weighted by molar-refractivity contribution is 6.14. The summed E-state index contributed by atoms with van der Waals surface area (Å²) in [6, 6.07) is 16.0. The van der Waals surface area contributed by atoms with Gasteiger partial charge in [0.15, 0.2) is 0 Å². The average Bonchev–Trinajstić information content (AvgIpc) is 2.66. The minimum atomic E-state index is -0.289. The van der Waals surface area contributed by atoms with Gasteiger partial charge in [-0.25, -0.2) is 0 Å². The molecule has 0 unspecified atom stereocenters. The summed E-state index contributed by atoms with van der Waals surface area (Å²) in [4.78, 5) is 29.2. The van der Waals surface area contributed by atoms with E-state index in [1.807, 2.05) is 24.3 Å². The van der Waals surface area contributed by atoms with Crippen molar-refractivity contribution >= 4 is 28.4 Å². The molecule has 0 bridgehead atoms. The van der Waals surface area contributed by atoms with Crippen molar-refractivity contribution < 1.29 is 9.59 Å². The van der Waals surface area contributed by atoms with E-state index in [2.05, 4.69) is 22.2 Å². The van der Waals surface area contributed by atoms with Crippen LogP contribution in [0.15, 0.2) is 73.4 Å². The number of carbonyl (C=O) groups is 2. The van der Waals surface area contributed by atoms with Crippen molar-refractivity contribution in [1.29, 1.82) is 0 Å². The van der Waals surface area contributed by atoms with Crippen LogP contribution in [0, 0.1) is 0 Å². The first-order valence-electron chi connectivity index (χ1n) is 7.84. The molecular formula is C20H17N3O2. The van der Waals surface area contributed by atoms with E-state index < -0.39 is 0 Å². The minimum Gasteiger partial charge on any atom is -0.349 e. The summed E-state index contributed by atoms with van der Waals surface area (Å²) < 4.78 is 0. The van der Waals surface area contributed by atoms with E-state index in [9.17, 15) is 9.59 Å². The number of pyridine rings is 1. The Balaban J connectivity index is 1.91. The molecule has 0 spiro atoms. The van der Waals surface area contributed by atoms with Gasteiger partial charge in [0.25, 0.3) is 11.8 Å². The van der Waals surface area contributed by atoms with Gasteiger partial charge in [0.2, 0.25) is 0 Å². The molecule has 2 N–H and O–H groups in total. The molecule has 2 amide bonds. The Kier molecular flexibility index (Phi) is 4.85. The zero-order chi connectivity index (χ0) is 17.6. The van der Waals surface area contributed by atoms with Crippen molar-refractivity contribution in [1.82, 2.24) is 10.3 Å². The van der Waals surface area contributed by atoms with Crippen LogP contribution >= 0.6 is 0 Å². The van der Waals surface area contributed by atoms with Crippen LogP contribution in [-0.4, -0.2) is 23.3 Å². The second-order valence-corrected chi connectivity index (χ2v) is 5.37. The molecule has 1 aromatic heterocycles. The number of rotatable bonds is 5. The zero-order valence-electron chi connectivity index (χ0n) is 13.5. The summed E-state index contributed by atoms with van der Waals surface area (Å²) in [6.45, 7) is 3.93. The van der Waals surface area contributed by atoms with Gasteiger partial charge in [-0.15, -0.1) is 6.58 Å². The molecule has 0 aliphatic carbocycles. The zero-order valence-corrected chi connectivity index (χ0v) is 13.5. The normalized spacial score (nSPS) is 10.2. The van der Waals surface area contributed by atoms with Crippen LogP contribution in [0.1, 0.15) is 20.7 Å². The monoisotopic (exact) mass is 331 g/mol. The molecule has 0 atom stereocenters. The van der Waals surface area contributed by atoms with E-state index in [4.69, 9.17) is 0 Å². The fourth-order valence-electron chi connectivity index (χ4n) is 2.53. The highest BCUT2D eigenvalue weighted by Gasteiger charge is 2.15. The molecule has 5 heteroatoms. The molecule has 0 saturated heterocycles. The standard InChI is InChI=1S/C20H17N3O2/c1-2-12-22-19(24)16-8-4-6-10-18(16)23-20(25)15-11-13-21-17-9-5-3-7-14(15)17/h2-11,13H,1,12H2,(H,22,24)(H,23,25). The van der Waals surface area contributed by atoms with Gasteiger partial charge in [0.05, 0.1) is 22.3 Å². The van der Waals surface area contributed by atoms with Crippen LogP contribution < -0.4 is 10.6 Å². The average molecular weight is 331 g/mol. The van der Waals surface area contributed by atoms with E-state index in [0.717, 1.165) is 10.9 Å². The number of para-hydroxylation sites is 2. The highest BCUT2D eigenvalue weighted by Crippen LogP contribution is 2.20. The van der Waals surface area contributed by atoms with Crippen molar-refractivity contribution in [2.45, 2.75) is 0 Å². The van der Waals surface area contributed by atoms with Gasteiger partial charge >= 0.3 is 0 Å². The van der Waals surface area contributed by atoms with Gasteiger partial charge in [-0.2, -0.15) is 0 Å². The first-order valence-corrected chi connectivity index (χ1v) is 7.84. The number of aromatic nitrogens is 1. The molecule has 1 heterocycles. The van der Waals surface area contributed by atoms with Gasteiger partial charge in [-0.3, -0.25) is 14.6 Å². The second kappa shape index (κ2) is 7.40. The number of fused-ring (bicyclic) bond motifs is 1. The van der Waals surface area contributed by atoms with Gasteiger partial charge in [-0.1, -0.05) is 36.4 Å². The fourth-order valence-corrected chi connectivity index (χ4v) is 2.53. The SMILES string of the molecule is C=CCNC(=O)c1ccccc1NC(=O)c1ccnc2ccccc12. The maximum atomic E-state index is 12.7. The third-order valence-corrected chi connectivity index (χ3v) is 3.72. The van der Waals surface area contributed by atoms with Crippen LogP contribution in [0.2, 0.25) is 0 Å². The molecule has 2 aromatic carbocycles. The first-order chi connectivity index (χ1) is 12.2. The second-order valence-electron chi connectivity index (χ2n) is 5.37. The summed E-state index contributed by atoms with van der Waals surface area (Å²) in [5, 5.41) is 6.30. The first kappa shape index (κ1) is 16.4. The summed E-state index contributed by atoms with van der Waals surface area (Å²) in [5.41, 5.74) is 2.10. The molecule has 124 valence electrons. The number of hydrogen-bond acceptors (Lipinski definition) is 3. The molecule has 3 rings (SSSR count). The molecule has 0 aliphatic rings. The molecule has 3 aromatic rings. The van der Waals surface area contributed by atoms with Crippen LogP contribution in [0.4, 0.5) is 5.69 Å². The van der Waals surface area contributed by atoms with Crippen molar-refractivity contribution in [3.8, 4) is 0 Å². The predicted molar refractivity (Wildman–Crippen MR) is 98.7 cm³/mol. The lowest BCUT2D eigenvalue weighted by molar-refractivity contribution is 0.0959. The van der Waals surface area contributed by atoms with Gasteiger partial charge in [0, 0.05) is 18.1 Å². The van der Waals surface area contributed by atoms with Crippen molar-refractivity contribution in [3.63, 3.8) is 0 Å². The van der Waals surface area contributed by atoms with Gasteiger partial charge in [-0.05, 0) is 24.3 Å². The Labute approximate surface area is 145 Å². The third kappa shape index (κ3) is 3.55. The third-order valence-electron chi connectivity index (χ3n) is 3.72. The van der Waals surface area contributed by atoms with E-state index in [1.54, 1.807) is 42.6 Å². The van der Waals surface area contributed by atoms with Crippen LogP contribution in [0.5, 0.6) is 0 Å². The van der Waals surface area contributed by atoms with E-state index in [-0.39, 0.29) is 11.8 Å². The summed E-state index contributed by atoms with van der Waals surface area (Å²) in [5.74, 6) is -0.557. The topological polar surface area (TPSA) is 71.1 Å². The number of amides is 2. The summed E-state index contributed by atoms with van der Waals surface area (Å²) in [6.07, 6.45) is 3.20. The Morgan fingerprint density at radius 3 is 2.56 bits per heavy atom. The summed E-state index contributed by atoms with van der Waals surface area (Å²) >= 11 is 0. The fraction of sp³-hybridized carbons (Fsp3) is 0.0500. The molecule has 0 aliphatic heterocycles. The molecule has 0 radical (unpaired) electrons.